The normalized spacial score (nSPS) is 14.7. The van der Waals surface area contributed by atoms with Crippen molar-refractivity contribution in [3.63, 3.8) is 0 Å². The topological polar surface area (TPSA) is 107 Å². The van der Waals surface area contributed by atoms with Gasteiger partial charge in [0.2, 0.25) is 5.91 Å². The zero-order chi connectivity index (χ0) is 28.4. The number of aliphatic hydroxyl groups excluding tert-OH is 1. The fraction of sp³-hybridized carbons (Fsp3) is 0.548. The number of carbonyl (C=O) groups excluding carboxylic acids is 2. The molecule has 0 aliphatic carbocycles. The standard InChI is InChI=1S/C31H44N2O7/c1-37-19-20-38-21-22-39-24-30(35)33-17-15-28(16-18-33)31(36)40-32-29(34)23-27-13-11-26(12-14-27)10-6-5-9-25-7-3-2-4-8-25/h2-4,7-8,11-14,28-29,32,34H,5-6,9-10,15-24H2,1H3. The second-order valence-electron chi connectivity index (χ2n) is 10.1. The van der Waals surface area contributed by atoms with E-state index < -0.39 is 12.2 Å². The molecule has 1 fully saturated rings. The minimum Gasteiger partial charge on any atom is -0.382 e. The molecule has 2 aromatic rings. The maximum Gasteiger partial charge on any atom is 0.328 e. The van der Waals surface area contributed by atoms with Crippen molar-refractivity contribution in [3.8, 4) is 0 Å². The third-order valence-electron chi connectivity index (χ3n) is 6.98. The Morgan fingerprint density at radius 2 is 1.48 bits per heavy atom. The van der Waals surface area contributed by atoms with Crippen LogP contribution in [-0.2, 0) is 47.9 Å². The lowest BCUT2D eigenvalue weighted by molar-refractivity contribution is -0.166. The second-order valence-corrected chi connectivity index (χ2v) is 10.1. The molecule has 9 nitrogen and oxygen atoms in total. The Morgan fingerprint density at radius 3 is 2.15 bits per heavy atom. The molecular formula is C31H44N2O7. The Kier molecular flexibility index (Phi) is 14.7. The number of aliphatic hydroxyl groups is 1. The lowest BCUT2D eigenvalue weighted by Crippen LogP contribution is -2.43. The summed E-state index contributed by atoms with van der Waals surface area (Å²) in [6, 6.07) is 18.7. The average molecular weight is 557 g/mol. The number of nitrogens with zero attached hydrogens (tertiary/aromatic N) is 1. The number of carbonyl (C=O) groups is 2. The summed E-state index contributed by atoms with van der Waals surface area (Å²) in [6.45, 7) is 2.68. The maximum atomic E-state index is 12.5. The quantitative estimate of drug-likeness (QED) is 0.164. The molecule has 3 rings (SSSR count). The minimum atomic E-state index is -1.00. The van der Waals surface area contributed by atoms with Gasteiger partial charge in [-0.3, -0.25) is 9.59 Å². The summed E-state index contributed by atoms with van der Waals surface area (Å²) in [5.41, 5.74) is 6.08. The number of aryl methyl sites for hydroxylation is 2. The van der Waals surface area contributed by atoms with Gasteiger partial charge in [-0.2, -0.15) is 0 Å². The van der Waals surface area contributed by atoms with Crippen LogP contribution < -0.4 is 5.48 Å². The van der Waals surface area contributed by atoms with Crippen molar-refractivity contribution in [2.24, 2.45) is 5.92 Å². The van der Waals surface area contributed by atoms with Crippen LogP contribution in [0.15, 0.2) is 54.6 Å². The van der Waals surface area contributed by atoms with E-state index >= 15 is 0 Å². The van der Waals surface area contributed by atoms with Gasteiger partial charge in [-0.1, -0.05) is 54.6 Å². The largest absolute Gasteiger partial charge is 0.382 e. The first-order valence-corrected chi connectivity index (χ1v) is 14.2. The molecule has 40 heavy (non-hydrogen) atoms. The molecule has 2 N–H and O–H groups in total. The van der Waals surface area contributed by atoms with Crippen molar-refractivity contribution in [1.29, 1.82) is 0 Å². The van der Waals surface area contributed by atoms with Gasteiger partial charge in [-0.05, 0) is 55.2 Å². The van der Waals surface area contributed by atoms with Crippen LogP contribution in [0.3, 0.4) is 0 Å². The van der Waals surface area contributed by atoms with E-state index in [9.17, 15) is 14.7 Å². The molecule has 1 unspecified atom stereocenters. The van der Waals surface area contributed by atoms with Crippen LogP contribution in [0.25, 0.3) is 0 Å². The number of rotatable bonds is 18. The van der Waals surface area contributed by atoms with Crippen molar-refractivity contribution in [2.75, 3.05) is 53.2 Å². The highest BCUT2D eigenvalue weighted by molar-refractivity contribution is 5.78. The maximum absolute atomic E-state index is 12.5. The van der Waals surface area contributed by atoms with Gasteiger partial charge < -0.3 is 29.1 Å². The molecule has 1 aliphatic heterocycles. The summed E-state index contributed by atoms with van der Waals surface area (Å²) in [7, 11) is 1.61. The van der Waals surface area contributed by atoms with Gasteiger partial charge in [0.25, 0.3) is 0 Å². The van der Waals surface area contributed by atoms with Gasteiger partial charge in [0.1, 0.15) is 12.8 Å². The van der Waals surface area contributed by atoms with E-state index in [1.807, 2.05) is 18.2 Å². The summed E-state index contributed by atoms with van der Waals surface area (Å²) in [5, 5.41) is 10.3. The number of hydrogen-bond acceptors (Lipinski definition) is 8. The minimum absolute atomic E-state index is 0.00820. The third-order valence-corrected chi connectivity index (χ3v) is 6.98. The van der Waals surface area contributed by atoms with Crippen molar-refractivity contribution in [1.82, 2.24) is 10.4 Å². The van der Waals surface area contributed by atoms with Crippen LogP contribution in [0.1, 0.15) is 42.4 Å². The number of piperidine rings is 1. The number of ether oxygens (including phenoxy) is 3. The van der Waals surface area contributed by atoms with E-state index in [0.717, 1.165) is 31.2 Å². The van der Waals surface area contributed by atoms with Crippen molar-refractivity contribution in [3.05, 3.63) is 71.3 Å². The summed E-state index contributed by atoms with van der Waals surface area (Å²) in [4.78, 5) is 31.6. The van der Waals surface area contributed by atoms with Gasteiger partial charge in [-0.15, -0.1) is 5.48 Å². The van der Waals surface area contributed by atoms with Crippen LogP contribution in [0.4, 0.5) is 0 Å². The van der Waals surface area contributed by atoms with Gasteiger partial charge in [-0.25, -0.2) is 0 Å². The predicted molar refractivity (Wildman–Crippen MR) is 151 cm³/mol. The monoisotopic (exact) mass is 556 g/mol. The van der Waals surface area contributed by atoms with Crippen LogP contribution in [-0.4, -0.2) is 81.3 Å². The van der Waals surface area contributed by atoms with E-state index in [1.54, 1.807) is 12.0 Å². The van der Waals surface area contributed by atoms with E-state index in [2.05, 4.69) is 41.9 Å². The predicted octanol–water partition coefficient (Wildman–Crippen LogP) is 3.08. The molecule has 1 saturated heterocycles. The highest BCUT2D eigenvalue weighted by Crippen LogP contribution is 2.19. The van der Waals surface area contributed by atoms with Gasteiger partial charge >= 0.3 is 5.97 Å². The summed E-state index contributed by atoms with van der Waals surface area (Å²) in [6.07, 6.45) is 4.73. The zero-order valence-electron chi connectivity index (χ0n) is 23.6. The van der Waals surface area contributed by atoms with Gasteiger partial charge in [0.05, 0.1) is 32.3 Å². The molecule has 9 heteroatoms. The van der Waals surface area contributed by atoms with Gasteiger partial charge in [0.15, 0.2) is 0 Å². The number of benzene rings is 2. The number of amides is 1. The molecule has 220 valence electrons. The van der Waals surface area contributed by atoms with Crippen molar-refractivity contribution in [2.45, 2.75) is 51.2 Å². The van der Waals surface area contributed by atoms with Crippen LogP contribution in [0.5, 0.6) is 0 Å². The number of nitrogens with one attached hydrogen (secondary N) is 1. The lowest BCUT2D eigenvalue weighted by atomic mass is 9.97. The van der Waals surface area contributed by atoms with E-state index in [-0.39, 0.29) is 18.4 Å². The number of hydrogen-bond donors (Lipinski definition) is 2. The second kappa shape index (κ2) is 18.5. The van der Waals surface area contributed by atoms with Crippen molar-refractivity contribution >= 4 is 11.9 Å². The van der Waals surface area contributed by atoms with Gasteiger partial charge in [0, 0.05) is 26.6 Å². The number of hydroxylamine groups is 1. The lowest BCUT2D eigenvalue weighted by Gasteiger charge is -2.30. The average Bonchev–Trinajstić information content (AvgIpc) is 2.99. The first-order valence-electron chi connectivity index (χ1n) is 14.2. The van der Waals surface area contributed by atoms with E-state index in [1.165, 1.54) is 11.1 Å². The molecule has 1 aliphatic rings. The number of unbranched alkanes of at least 4 members (excludes halogenated alkanes) is 1. The van der Waals surface area contributed by atoms with E-state index in [0.29, 0.717) is 58.8 Å². The zero-order valence-corrected chi connectivity index (χ0v) is 23.6. The van der Waals surface area contributed by atoms with Crippen molar-refractivity contribution < 1.29 is 33.7 Å². The molecule has 0 saturated carbocycles. The van der Waals surface area contributed by atoms with Crippen LogP contribution >= 0.6 is 0 Å². The summed E-state index contributed by atoms with van der Waals surface area (Å²) < 4.78 is 15.6. The summed E-state index contributed by atoms with van der Waals surface area (Å²) in [5.74, 6) is -0.836. The molecule has 0 radical (unpaired) electrons. The fourth-order valence-corrected chi connectivity index (χ4v) is 4.60. The van der Waals surface area contributed by atoms with Crippen LogP contribution in [0, 0.1) is 5.92 Å². The fourth-order valence-electron chi connectivity index (χ4n) is 4.60. The third kappa shape index (κ3) is 12.1. The Balaban J connectivity index is 1.24. The SMILES string of the molecule is COCCOCCOCC(=O)N1CCC(C(=O)ONC(O)Cc2ccc(CCCCc3ccccc3)cc2)CC1. The highest BCUT2D eigenvalue weighted by atomic mass is 16.7. The Bertz CT molecular complexity index is 979. The Hall–Kier alpha value is -2.82. The molecule has 1 atom stereocenters. The first kappa shape index (κ1) is 31.7. The number of likely N-dealkylation sites (tertiary alicyclic amines) is 1. The number of methoxy groups -OCH3 is 1. The molecule has 0 aromatic heterocycles. The molecular weight excluding hydrogens is 512 g/mol. The molecule has 2 aromatic carbocycles. The van der Waals surface area contributed by atoms with Crippen LogP contribution in [0.2, 0.25) is 0 Å². The molecule has 1 amide bonds. The Morgan fingerprint density at radius 1 is 0.875 bits per heavy atom. The summed E-state index contributed by atoms with van der Waals surface area (Å²) >= 11 is 0. The highest BCUT2D eigenvalue weighted by Gasteiger charge is 2.29. The Labute approximate surface area is 237 Å². The first-order chi connectivity index (χ1) is 19.5. The smallest absolute Gasteiger partial charge is 0.328 e. The van der Waals surface area contributed by atoms with E-state index in [4.69, 9.17) is 19.0 Å². The molecule has 0 spiro atoms. The molecule has 0 bridgehead atoms. The molecule has 1 heterocycles.